The van der Waals surface area contributed by atoms with Crippen LogP contribution in [0.25, 0.3) is 0 Å². The third-order valence-corrected chi connectivity index (χ3v) is 4.65. The van der Waals surface area contributed by atoms with Crippen molar-refractivity contribution >= 4 is 11.8 Å². The van der Waals surface area contributed by atoms with Gasteiger partial charge in [-0.25, -0.2) is 9.78 Å². The Morgan fingerprint density at radius 1 is 1.16 bits per heavy atom. The molecule has 5 nitrogen and oxygen atoms in total. The summed E-state index contributed by atoms with van der Waals surface area (Å²) in [7, 11) is 0. The minimum Gasteiger partial charge on any atom is -0.476 e. The Balaban J connectivity index is 1.71. The van der Waals surface area contributed by atoms with Crippen molar-refractivity contribution in [2.24, 2.45) is 5.41 Å². The van der Waals surface area contributed by atoms with Crippen LogP contribution in [0.15, 0.2) is 12.4 Å². The van der Waals surface area contributed by atoms with Gasteiger partial charge in [0.2, 0.25) is 0 Å². The van der Waals surface area contributed by atoms with Crippen LogP contribution < -0.4 is 4.90 Å². The highest BCUT2D eigenvalue weighted by atomic mass is 16.4. The van der Waals surface area contributed by atoms with Gasteiger partial charge in [-0.15, -0.1) is 0 Å². The fraction of sp³-hybridized carbons (Fsp3) is 0.643. The first kappa shape index (κ1) is 12.4. The van der Waals surface area contributed by atoms with Gasteiger partial charge in [-0.2, -0.15) is 0 Å². The molecule has 1 aliphatic carbocycles. The largest absolute Gasteiger partial charge is 0.476 e. The summed E-state index contributed by atoms with van der Waals surface area (Å²) < 4.78 is 0. The number of hydrogen-bond acceptors (Lipinski definition) is 4. The standard InChI is InChI=1S/C14H19N3O2/c18-13(19)11-9-15-10-12(16-11)17-7-5-14(6-8-17)3-1-2-4-14/h9-10H,1-8H2,(H,18,19). The zero-order valence-electron chi connectivity index (χ0n) is 11.0. The highest BCUT2D eigenvalue weighted by Gasteiger charge is 2.37. The summed E-state index contributed by atoms with van der Waals surface area (Å²) in [6, 6.07) is 0. The third kappa shape index (κ3) is 2.41. The minimum absolute atomic E-state index is 0.0265. The van der Waals surface area contributed by atoms with E-state index in [4.69, 9.17) is 5.11 Å². The smallest absolute Gasteiger partial charge is 0.356 e. The molecule has 1 saturated heterocycles. The van der Waals surface area contributed by atoms with Gasteiger partial charge in [0, 0.05) is 13.1 Å². The number of aromatic nitrogens is 2. The molecule has 0 bridgehead atoms. The number of piperidine rings is 1. The van der Waals surface area contributed by atoms with E-state index in [9.17, 15) is 4.79 Å². The number of carboxylic acid groups (broad SMARTS) is 1. The van der Waals surface area contributed by atoms with Gasteiger partial charge < -0.3 is 10.0 Å². The lowest BCUT2D eigenvalue weighted by Gasteiger charge is -2.39. The Bertz CT molecular complexity index is 473. The minimum atomic E-state index is -1.02. The van der Waals surface area contributed by atoms with Crippen LogP contribution in [0.4, 0.5) is 5.82 Å². The predicted molar refractivity (Wildman–Crippen MR) is 71.3 cm³/mol. The van der Waals surface area contributed by atoms with Crippen molar-refractivity contribution in [2.45, 2.75) is 38.5 Å². The zero-order chi connectivity index (χ0) is 13.3. The maximum absolute atomic E-state index is 10.9. The molecule has 1 N–H and O–H groups in total. The lowest BCUT2D eigenvalue weighted by atomic mass is 9.77. The molecule has 2 aliphatic rings. The molecule has 0 aromatic carbocycles. The maximum Gasteiger partial charge on any atom is 0.356 e. The molecule has 102 valence electrons. The van der Waals surface area contributed by atoms with Crippen LogP contribution in [-0.4, -0.2) is 34.1 Å². The molecule has 1 spiro atoms. The van der Waals surface area contributed by atoms with Crippen LogP contribution in [-0.2, 0) is 0 Å². The van der Waals surface area contributed by atoms with E-state index in [1.807, 2.05) is 0 Å². The molecule has 1 aromatic heterocycles. The molecule has 1 saturated carbocycles. The van der Waals surface area contributed by atoms with Gasteiger partial charge in [0.05, 0.1) is 12.4 Å². The van der Waals surface area contributed by atoms with Crippen molar-refractivity contribution in [2.75, 3.05) is 18.0 Å². The molecule has 19 heavy (non-hydrogen) atoms. The maximum atomic E-state index is 10.9. The summed E-state index contributed by atoms with van der Waals surface area (Å²) in [6.07, 6.45) is 10.8. The van der Waals surface area contributed by atoms with Crippen LogP contribution in [0.3, 0.4) is 0 Å². The summed E-state index contributed by atoms with van der Waals surface area (Å²) >= 11 is 0. The Morgan fingerprint density at radius 2 is 1.84 bits per heavy atom. The average molecular weight is 261 g/mol. The van der Waals surface area contributed by atoms with Crippen molar-refractivity contribution in [3.05, 3.63) is 18.1 Å². The second-order valence-corrected chi connectivity index (χ2v) is 5.76. The Kier molecular flexibility index (Phi) is 3.12. The number of carbonyl (C=O) groups is 1. The first-order valence-electron chi connectivity index (χ1n) is 6.99. The molecule has 1 aliphatic heterocycles. The van der Waals surface area contributed by atoms with E-state index < -0.39 is 5.97 Å². The van der Waals surface area contributed by atoms with Crippen molar-refractivity contribution in [3.8, 4) is 0 Å². The molecule has 2 fully saturated rings. The fourth-order valence-electron chi connectivity index (χ4n) is 3.45. The van der Waals surface area contributed by atoms with Gasteiger partial charge >= 0.3 is 5.97 Å². The zero-order valence-corrected chi connectivity index (χ0v) is 11.0. The third-order valence-electron chi connectivity index (χ3n) is 4.65. The highest BCUT2D eigenvalue weighted by molar-refractivity contribution is 5.85. The van der Waals surface area contributed by atoms with Gasteiger partial charge in [0.25, 0.3) is 0 Å². The van der Waals surface area contributed by atoms with Crippen molar-refractivity contribution in [1.29, 1.82) is 0 Å². The van der Waals surface area contributed by atoms with E-state index in [0.717, 1.165) is 13.1 Å². The Morgan fingerprint density at radius 3 is 2.47 bits per heavy atom. The second kappa shape index (κ2) is 4.79. The van der Waals surface area contributed by atoms with Gasteiger partial charge in [-0.05, 0) is 31.1 Å². The summed E-state index contributed by atoms with van der Waals surface area (Å²) in [6.45, 7) is 1.94. The molecule has 1 aromatic rings. The van der Waals surface area contributed by atoms with Crippen molar-refractivity contribution < 1.29 is 9.90 Å². The van der Waals surface area contributed by atoms with Crippen LogP contribution in [0.2, 0.25) is 0 Å². The Labute approximate surface area is 112 Å². The van der Waals surface area contributed by atoms with Crippen LogP contribution in [0, 0.1) is 5.41 Å². The number of nitrogens with zero attached hydrogens (tertiary/aromatic N) is 3. The molecule has 2 heterocycles. The van der Waals surface area contributed by atoms with Gasteiger partial charge in [0.1, 0.15) is 5.82 Å². The molecule has 0 amide bonds. The Hall–Kier alpha value is -1.65. The lowest BCUT2D eigenvalue weighted by Crippen LogP contribution is -2.39. The first-order chi connectivity index (χ1) is 9.19. The quantitative estimate of drug-likeness (QED) is 0.885. The number of anilines is 1. The summed E-state index contributed by atoms with van der Waals surface area (Å²) in [5.74, 6) is -0.314. The highest BCUT2D eigenvalue weighted by Crippen LogP contribution is 2.46. The van der Waals surface area contributed by atoms with E-state index in [2.05, 4.69) is 14.9 Å². The number of hydrogen-bond donors (Lipinski definition) is 1. The van der Waals surface area contributed by atoms with Crippen molar-refractivity contribution in [1.82, 2.24) is 9.97 Å². The van der Waals surface area contributed by atoms with E-state index in [1.165, 1.54) is 44.7 Å². The fourth-order valence-corrected chi connectivity index (χ4v) is 3.45. The molecular weight excluding hydrogens is 242 g/mol. The van der Waals surface area contributed by atoms with E-state index >= 15 is 0 Å². The van der Waals surface area contributed by atoms with Gasteiger partial charge in [-0.1, -0.05) is 12.8 Å². The number of aromatic carboxylic acids is 1. The molecule has 5 heteroatoms. The molecular formula is C14H19N3O2. The van der Waals surface area contributed by atoms with E-state index in [1.54, 1.807) is 6.20 Å². The number of carboxylic acids is 1. The first-order valence-corrected chi connectivity index (χ1v) is 6.99. The van der Waals surface area contributed by atoms with Gasteiger partial charge in [0.15, 0.2) is 5.69 Å². The number of rotatable bonds is 2. The summed E-state index contributed by atoms with van der Waals surface area (Å²) in [5.41, 5.74) is 0.590. The second-order valence-electron chi connectivity index (χ2n) is 5.76. The normalized spacial score (nSPS) is 21.8. The SMILES string of the molecule is O=C(O)c1cncc(N2CCC3(CCCC3)CC2)n1. The van der Waals surface area contributed by atoms with Crippen LogP contribution in [0.5, 0.6) is 0 Å². The van der Waals surface area contributed by atoms with Gasteiger partial charge in [-0.3, -0.25) is 4.98 Å². The molecule has 3 rings (SSSR count). The monoisotopic (exact) mass is 261 g/mol. The predicted octanol–water partition coefficient (Wildman–Crippen LogP) is 2.34. The molecule has 0 radical (unpaired) electrons. The molecule has 0 unspecified atom stereocenters. The molecule has 0 atom stereocenters. The van der Waals surface area contributed by atoms with Crippen LogP contribution >= 0.6 is 0 Å². The van der Waals surface area contributed by atoms with Crippen molar-refractivity contribution in [3.63, 3.8) is 0 Å². The average Bonchev–Trinajstić information content (AvgIpc) is 2.88. The summed E-state index contributed by atoms with van der Waals surface area (Å²) in [5, 5.41) is 8.95. The lowest BCUT2D eigenvalue weighted by molar-refractivity contribution is 0.0690. The van der Waals surface area contributed by atoms with Crippen LogP contribution in [0.1, 0.15) is 49.0 Å². The van der Waals surface area contributed by atoms with E-state index in [-0.39, 0.29) is 5.69 Å². The summed E-state index contributed by atoms with van der Waals surface area (Å²) in [4.78, 5) is 21.2. The topological polar surface area (TPSA) is 66.3 Å². The van der Waals surface area contributed by atoms with E-state index in [0.29, 0.717) is 11.2 Å².